The quantitative estimate of drug-likeness (QED) is 0.565. The molecule has 0 aliphatic rings. The lowest BCUT2D eigenvalue weighted by Crippen LogP contribution is -2.24. The van der Waals surface area contributed by atoms with Crippen LogP contribution in [0.1, 0.15) is 20.3 Å². The molecule has 0 heterocycles. The minimum Gasteiger partial charge on any atom is -0.327 e. The van der Waals surface area contributed by atoms with Gasteiger partial charge in [0.2, 0.25) is 0 Å². The fraction of sp³-hybridized carbons (Fsp3) is 0.800. The average Bonchev–Trinajstić information content (AvgIpc) is 2.02. The van der Waals surface area contributed by atoms with E-state index in [9.17, 15) is 0 Å². The SMILES string of the molecule is CC=C(CN)C(CC)S[Si](C)(C)C. The van der Waals surface area contributed by atoms with Crippen LogP contribution in [-0.4, -0.2) is 19.0 Å². The Kier molecular flexibility index (Phi) is 6.01. The van der Waals surface area contributed by atoms with Crippen molar-refractivity contribution in [3.63, 3.8) is 0 Å². The van der Waals surface area contributed by atoms with Gasteiger partial charge >= 0.3 is 0 Å². The van der Waals surface area contributed by atoms with Crippen molar-refractivity contribution >= 4 is 18.4 Å². The van der Waals surface area contributed by atoms with Crippen LogP contribution in [0.2, 0.25) is 19.6 Å². The molecule has 1 nitrogen and oxygen atoms in total. The van der Waals surface area contributed by atoms with Crippen molar-refractivity contribution in [1.29, 1.82) is 0 Å². The highest BCUT2D eigenvalue weighted by Crippen LogP contribution is 2.30. The second-order valence-electron chi connectivity index (χ2n) is 4.19. The molecule has 1 unspecified atom stereocenters. The molecule has 0 saturated carbocycles. The number of allylic oxidation sites excluding steroid dienone is 1. The van der Waals surface area contributed by atoms with Gasteiger partial charge in [-0.1, -0.05) is 32.6 Å². The first-order valence-electron chi connectivity index (χ1n) is 4.97. The number of nitrogens with two attached hydrogens (primary N) is 1. The normalized spacial score (nSPS) is 16.0. The second kappa shape index (κ2) is 5.88. The Balaban J connectivity index is 4.34. The molecule has 0 fully saturated rings. The molecule has 0 radical (unpaired) electrons. The third-order valence-corrected chi connectivity index (χ3v) is 6.49. The summed E-state index contributed by atoms with van der Waals surface area (Å²) in [6, 6.07) is 0. The lowest BCUT2D eigenvalue weighted by molar-refractivity contribution is 0.893. The van der Waals surface area contributed by atoms with Gasteiger partial charge in [-0.3, -0.25) is 0 Å². The molecule has 1 atom stereocenters. The molecule has 0 aromatic rings. The van der Waals surface area contributed by atoms with Crippen LogP contribution >= 0.6 is 11.2 Å². The van der Waals surface area contributed by atoms with E-state index < -0.39 is 7.22 Å². The van der Waals surface area contributed by atoms with Crippen molar-refractivity contribution in [1.82, 2.24) is 0 Å². The van der Waals surface area contributed by atoms with Gasteiger partial charge in [0.05, 0.1) is 0 Å². The first-order valence-corrected chi connectivity index (χ1v) is 10.1. The zero-order chi connectivity index (χ0) is 10.5. The molecular weight excluding hydrogens is 194 g/mol. The highest BCUT2D eigenvalue weighted by Gasteiger charge is 2.21. The van der Waals surface area contributed by atoms with Crippen molar-refractivity contribution in [3.05, 3.63) is 11.6 Å². The standard InChI is InChI=1S/C10H23NSSi/c1-6-9(8-11)10(7-2)12-13(3,4)5/h6,10H,7-8,11H2,1-5H3. The Bertz CT molecular complexity index is 172. The topological polar surface area (TPSA) is 26.0 Å². The maximum atomic E-state index is 5.71. The van der Waals surface area contributed by atoms with Crippen LogP contribution in [0.5, 0.6) is 0 Å². The largest absolute Gasteiger partial charge is 0.327 e. The molecule has 0 bridgehead atoms. The Morgan fingerprint density at radius 3 is 2.23 bits per heavy atom. The molecule has 0 saturated heterocycles. The van der Waals surface area contributed by atoms with Crippen LogP contribution in [0.3, 0.4) is 0 Å². The van der Waals surface area contributed by atoms with Crippen molar-refractivity contribution in [2.24, 2.45) is 5.73 Å². The molecule has 78 valence electrons. The number of hydrogen-bond donors (Lipinski definition) is 1. The van der Waals surface area contributed by atoms with Crippen LogP contribution in [0.25, 0.3) is 0 Å². The summed E-state index contributed by atoms with van der Waals surface area (Å²) in [7, 11) is -1.02. The van der Waals surface area contributed by atoms with Gasteiger partial charge in [0.15, 0.2) is 0 Å². The van der Waals surface area contributed by atoms with Crippen molar-refractivity contribution in [2.45, 2.75) is 45.2 Å². The predicted molar refractivity (Wildman–Crippen MR) is 67.8 cm³/mol. The third kappa shape index (κ3) is 5.55. The third-order valence-electron chi connectivity index (χ3n) is 1.89. The van der Waals surface area contributed by atoms with Gasteiger partial charge in [-0.2, -0.15) is 11.2 Å². The van der Waals surface area contributed by atoms with Crippen LogP contribution < -0.4 is 5.73 Å². The van der Waals surface area contributed by atoms with Crippen LogP contribution in [0.15, 0.2) is 11.6 Å². The molecule has 0 amide bonds. The number of rotatable bonds is 5. The molecule has 3 heteroatoms. The lowest BCUT2D eigenvalue weighted by atomic mass is 10.1. The Morgan fingerprint density at radius 1 is 1.46 bits per heavy atom. The predicted octanol–water partition coefficient (Wildman–Crippen LogP) is 3.24. The molecule has 0 aromatic heterocycles. The Labute approximate surface area is 87.8 Å². The molecule has 0 rings (SSSR count). The zero-order valence-electron chi connectivity index (χ0n) is 9.55. The maximum Gasteiger partial charge on any atom is 0.109 e. The zero-order valence-corrected chi connectivity index (χ0v) is 11.4. The summed E-state index contributed by atoms with van der Waals surface area (Å²) in [6.07, 6.45) is 3.38. The van der Waals surface area contributed by atoms with E-state index >= 15 is 0 Å². The summed E-state index contributed by atoms with van der Waals surface area (Å²) in [5, 5.41) is 0.654. The number of hydrogen-bond acceptors (Lipinski definition) is 2. The summed E-state index contributed by atoms with van der Waals surface area (Å²) in [4.78, 5) is 0. The van der Waals surface area contributed by atoms with Gasteiger partial charge in [0.25, 0.3) is 0 Å². The van der Waals surface area contributed by atoms with E-state index in [1.165, 1.54) is 12.0 Å². The first-order chi connectivity index (χ1) is 5.94. The highest BCUT2D eigenvalue weighted by atomic mass is 32.4. The van der Waals surface area contributed by atoms with E-state index in [-0.39, 0.29) is 0 Å². The van der Waals surface area contributed by atoms with Crippen LogP contribution in [0.4, 0.5) is 0 Å². The van der Waals surface area contributed by atoms with Gasteiger partial charge in [0, 0.05) is 11.8 Å². The van der Waals surface area contributed by atoms with Gasteiger partial charge < -0.3 is 5.73 Å². The van der Waals surface area contributed by atoms with Gasteiger partial charge in [-0.05, 0) is 18.9 Å². The van der Waals surface area contributed by atoms with E-state index in [1.807, 2.05) is 0 Å². The molecule has 0 aromatic carbocycles. The van der Waals surface area contributed by atoms with Crippen LogP contribution in [0, 0.1) is 0 Å². The highest BCUT2D eigenvalue weighted by molar-refractivity contribution is 8.29. The van der Waals surface area contributed by atoms with E-state index in [1.54, 1.807) is 0 Å². The van der Waals surface area contributed by atoms with Gasteiger partial charge in [-0.25, -0.2) is 0 Å². The molecular formula is C10H23NSSi. The summed E-state index contributed by atoms with van der Waals surface area (Å²) in [5.74, 6) is 0. The molecule has 0 aliphatic carbocycles. The summed E-state index contributed by atoms with van der Waals surface area (Å²) in [5.41, 5.74) is 7.12. The van der Waals surface area contributed by atoms with Gasteiger partial charge in [-0.15, -0.1) is 0 Å². The first kappa shape index (κ1) is 13.3. The fourth-order valence-corrected chi connectivity index (χ4v) is 6.20. The summed E-state index contributed by atoms with van der Waals surface area (Å²) >= 11 is 2.15. The van der Waals surface area contributed by atoms with Gasteiger partial charge in [0.1, 0.15) is 7.22 Å². The van der Waals surface area contributed by atoms with E-state index in [0.717, 1.165) is 0 Å². The molecule has 2 N–H and O–H groups in total. The van der Waals surface area contributed by atoms with Crippen LogP contribution in [-0.2, 0) is 0 Å². The average molecular weight is 217 g/mol. The Hall–Kier alpha value is 0.267. The fourth-order valence-electron chi connectivity index (χ4n) is 1.28. The molecule has 0 spiro atoms. The molecule has 13 heavy (non-hydrogen) atoms. The van der Waals surface area contributed by atoms with E-state index in [2.05, 4.69) is 50.8 Å². The van der Waals surface area contributed by atoms with Crippen molar-refractivity contribution < 1.29 is 0 Å². The Morgan fingerprint density at radius 2 is 2.00 bits per heavy atom. The monoisotopic (exact) mass is 217 g/mol. The summed E-state index contributed by atoms with van der Waals surface area (Å²) < 4.78 is 0. The van der Waals surface area contributed by atoms with Crippen molar-refractivity contribution in [2.75, 3.05) is 6.54 Å². The lowest BCUT2D eigenvalue weighted by Gasteiger charge is -2.25. The maximum absolute atomic E-state index is 5.71. The minimum absolute atomic E-state index is 0.654. The van der Waals surface area contributed by atoms with Crippen molar-refractivity contribution in [3.8, 4) is 0 Å². The van der Waals surface area contributed by atoms with E-state index in [0.29, 0.717) is 11.8 Å². The molecule has 0 aliphatic heterocycles. The smallest absolute Gasteiger partial charge is 0.109 e. The van der Waals surface area contributed by atoms with E-state index in [4.69, 9.17) is 5.73 Å². The second-order valence-corrected chi connectivity index (χ2v) is 13.6. The summed E-state index contributed by atoms with van der Waals surface area (Å²) in [6.45, 7) is 12.2. The minimum atomic E-state index is -1.02.